The maximum absolute atomic E-state index is 13.9. The normalized spacial score (nSPS) is 21.7. The number of hydrogen-bond donors (Lipinski definition) is 0. The smallest absolute Gasteiger partial charge is 0.225 e. The fourth-order valence-electron chi connectivity index (χ4n) is 5.08. The Morgan fingerprint density at radius 1 is 1.08 bits per heavy atom. The largest absolute Gasteiger partial charge is 0.494 e. The lowest BCUT2D eigenvalue weighted by molar-refractivity contribution is 0.0897. The Morgan fingerprint density at radius 3 is 2.41 bits per heavy atom. The molecule has 3 aromatic rings. The molecule has 2 aromatic heterocycles. The minimum absolute atomic E-state index is 0.124. The Hall–Kier alpha value is -3.36. The maximum atomic E-state index is 13.9. The van der Waals surface area contributed by atoms with Crippen LogP contribution in [-0.2, 0) is 25.1 Å². The van der Waals surface area contributed by atoms with Gasteiger partial charge in [0, 0.05) is 26.8 Å². The van der Waals surface area contributed by atoms with E-state index < -0.39 is 26.7 Å². The number of halogens is 1. The molecule has 210 valence electrons. The van der Waals surface area contributed by atoms with E-state index in [2.05, 4.69) is 20.2 Å². The first-order valence-corrected chi connectivity index (χ1v) is 14.3. The van der Waals surface area contributed by atoms with E-state index in [0.29, 0.717) is 36.2 Å². The lowest BCUT2D eigenvalue weighted by Gasteiger charge is -2.36. The molecule has 14 heteroatoms. The molecule has 0 bridgehead atoms. The minimum Gasteiger partial charge on any atom is -0.494 e. The van der Waals surface area contributed by atoms with E-state index in [-0.39, 0.29) is 36.9 Å². The number of nitrogens with zero attached hydrogens (tertiary/aromatic N) is 6. The number of para-hydroxylation sites is 1. The van der Waals surface area contributed by atoms with Gasteiger partial charge in [-0.3, -0.25) is 4.57 Å². The second-order valence-corrected chi connectivity index (χ2v) is 11.7. The molecule has 2 saturated heterocycles. The Labute approximate surface area is 226 Å². The van der Waals surface area contributed by atoms with Gasteiger partial charge in [-0.25, -0.2) is 22.8 Å². The van der Waals surface area contributed by atoms with Crippen LogP contribution in [0.2, 0.25) is 0 Å². The summed E-state index contributed by atoms with van der Waals surface area (Å²) in [4.78, 5) is 9.76. The van der Waals surface area contributed by atoms with Crippen LogP contribution >= 0.6 is 0 Å². The topological polar surface area (TPSA) is 131 Å². The van der Waals surface area contributed by atoms with E-state index in [4.69, 9.17) is 18.9 Å². The van der Waals surface area contributed by atoms with E-state index in [1.165, 1.54) is 21.3 Å². The highest BCUT2D eigenvalue weighted by Gasteiger charge is 2.39. The van der Waals surface area contributed by atoms with Crippen molar-refractivity contribution in [2.45, 2.75) is 42.5 Å². The minimum atomic E-state index is -3.81. The van der Waals surface area contributed by atoms with Gasteiger partial charge in [0.15, 0.2) is 27.3 Å². The van der Waals surface area contributed by atoms with Gasteiger partial charge in [-0.2, -0.15) is 0 Å². The van der Waals surface area contributed by atoms with E-state index in [9.17, 15) is 12.8 Å². The standard InChI is InChI=1S/C25H31FN6O6S/c1-35-17-10-18(14-31(13-17)25-27-11-16(26)12-28-25)39(33,34)15-22-29-30-24(21-8-5-9-38-21)32(22)23-19(36-2)6-4-7-20(23)37-3/h4,6-7,11-12,17-18,21H,5,8-10,13-15H2,1-3H3/t17-,18-,21-/m1/s1. The molecule has 3 atom stereocenters. The first-order chi connectivity index (χ1) is 18.8. The van der Waals surface area contributed by atoms with Crippen molar-refractivity contribution >= 4 is 15.8 Å². The number of methoxy groups -OCH3 is 3. The number of rotatable bonds is 9. The molecule has 0 aliphatic carbocycles. The summed E-state index contributed by atoms with van der Waals surface area (Å²) in [5.41, 5.74) is 0.503. The summed E-state index contributed by atoms with van der Waals surface area (Å²) < 4.78 is 65.6. The quantitative estimate of drug-likeness (QED) is 0.381. The number of piperidine rings is 1. The van der Waals surface area contributed by atoms with Gasteiger partial charge in [0.25, 0.3) is 0 Å². The van der Waals surface area contributed by atoms with Crippen molar-refractivity contribution in [2.24, 2.45) is 0 Å². The first-order valence-electron chi connectivity index (χ1n) is 12.6. The predicted molar refractivity (Wildman–Crippen MR) is 138 cm³/mol. The lowest BCUT2D eigenvalue weighted by atomic mass is 10.1. The summed E-state index contributed by atoms with van der Waals surface area (Å²) in [5, 5.41) is 7.89. The number of sulfone groups is 1. The van der Waals surface area contributed by atoms with Crippen molar-refractivity contribution in [3.8, 4) is 17.2 Å². The van der Waals surface area contributed by atoms with E-state index in [0.717, 1.165) is 25.2 Å². The fraction of sp³-hybridized carbons (Fsp3) is 0.520. The number of ether oxygens (including phenoxy) is 4. The molecule has 4 heterocycles. The molecular weight excluding hydrogens is 531 g/mol. The summed E-state index contributed by atoms with van der Waals surface area (Å²) in [5.74, 6) is 0.922. The van der Waals surface area contributed by atoms with Gasteiger partial charge in [0.2, 0.25) is 5.95 Å². The zero-order valence-corrected chi connectivity index (χ0v) is 22.8. The maximum Gasteiger partial charge on any atom is 0.225 e. The summed E-state index contributed by atoms with van der Waals surface area (Å²) in [6, 6.07) is 5.31. The molecular formula is C25H31FN6O6S. The first kappa shape index (κ1) is 27.2. The monoisotopic (exact) mass is 562 g/mol. The van der Waals surface area contributed by atoms with Crippen LogP contribution in [0.5, 0.6) is 11.5 Å². The van der Waals surface area contributed by atoms with Crippen LogP contribution in [0.15, 0.2) is 30.6 Å². The second-order valence-electron chi connectivity index (χ2n) is 9.45. The summed E-state index contributed by atoms with van der Waals surface area (Å²) >= 11 is 0. The number of aromatic nitrogens is 5. The van der Waals surface area contributed by atoms with Crippen LogP contribution in [0, 0.1) is 5.82 Å². The Morgan fingerprint density at radius 2 is 1.79 bits per heavy atom. The van der Waals surface area contributed by atoms with Crippen molar-refractivity contribution in [1.29, 1.82) is 0 Å². The molecule has 2 aliphatic rings. The van der Waals surface area contributed by atoms with Gasteiger partial charge in [0.05, 0.1) is 38.0 Å². The Bertz CT molecular complexity index is 1370. The molecule has 2 fully saturated rings. The van der Waals surface area contributed by atoms with Gasteiger partial charge < -0.3 is 23.8 Å². The third kappa shape index (κ3) is 5.54. The van der Waals surface area contributed by atoms with Crippen molar-refractivity contribution in [1.82, 2.24) is 24.7 Å². The van der Waals surface area contributed by atoms with E-state index in [1.54, 1.807) is 27.7 Å². The molecule has 0 unspecified atom stereocenters. The molecule has 0 N–H and O–H groups in total. The van der Waals surface area contributed by atoms with E-state index >= 15 is 0 Å². The summed E-state index contributed by atoms with van der Waals surface area (Å²) in [7, 11) is 0.787. The molecule has 5 rings (SSSR count). The fourth-order valence-corrected chi connectivity index (χ4v) is 6.78. The van der Waals surface area contributed by atoms with Crippen LogP contribution in [0.4, 0.5) is 10.3 Å². The van der Waals surface area contributed by atoms with Gasteiger partial charge in [0.1, 0.15) is 29.0 Å². The second kappa shape index (κ2) is 11.4. The zero-order valence-electron chi connectivity index (χ0n) is 22.0. The highest BCUT2D eigenvalue weighted by Crippen LogP contribution is 2.38. The molecule has 0 amide bonds. The average molecular weight is 563 g/mol. The van der Waals surface area contributed by atoms with Crippen LogP contribution in [-0.4, -0.2) is 85.5 Å². The molecule has 39 heavy (non-hydrogen) atoms. The third-order valence-electron chi connectivity index (χ3n) is 7.03. The zero-order chi connectivity index (χ0) is 27.6. The third-order valence-corrected chi connectivity index (χ3v) is 9.05. The predicted octanol–water partition coefficient (Wildman–Crippen LogP) is 2.27. The van der Waals surface area contributed by atoms with Crippen molar-refractivity contribution in [3.05, 3.63) is 48.1 Å². The van der Waals surface area contributed by atoms with Crippen molar-refractivity contribution in [2.75, 3.05) is 45.9 Å². The SMILES string of the molecule is COc1cccc(OC)c1-n1c(CS(=O)(=O)[C@@H]2C[C@@H](OC)CN(c3ncc(F)cn3)C2)nnc1[C@H]1CCCO1. The summed E-state index contributed by atoms with van der Waals surface area (Å²) in [6.45, 7) is 1.08. The van der Waals surface area contributed by atoms with Gasteiger partial charge in [-0.15, -0.1) is 10.2 Å². The van der Waals surface area contributed by atoms with Gasteiger partial charge in [-0.1, -0.05) is 6.07 Å². The highest BCUT2D eigenvalue weighted by molar-refractivity contribution is 7.91. The summed E-state index contributed by atoms with van der Waals surface area (Å²) in [6.07, 6.45) is 3.24. The number of hydrogen-bond acceptors (Lipinski definition) is 11. The lowest BCUT2D eigenvalue weighted by Crippen LogP contribution is -2.50. The molecule has 12 nitrogen and oxygen atoms in total. The average Bonchev–Trinajstić information content (AvgIpc) is 3.62. The van der Waals surface area contributed by atoms with Gasteiger partial charge >= 0.3 is 0 Å². The Balaban J connectivity index is 1.52. The van der Waals surface area contributed by atoms with Crippen molar-refractivity contribution < 1.29 is 31.8 Å². The van der Waals surface area contributed by atoms with Gasteiger partial charge in [-0.05, 0) is 31.4 Å². The molecule has 2 aliphatic heterocycles. The Kier molecular flexibility index (Phi) is 7.96. The van der Waals surface area contributed by atoms with Crippen LogP contribution in [0.3, 0.4) is 0 Å². The van der Waals surface area contributed by atoms with Crippen molar-refractivity contribution in [3.63, 3.8) is 0 Å². The molecule has 1 aromatic carbocycles. The van der Waals surface area contributed by atoms with Crippen LogP contribution < -0.4 is 14.4 Å². The number of benzene rings is 1. The highest BCUT2D eigenvalue weighted by atomic mass is 32.2. The number of anilines is 1. The molecule has 0 spiro atoms. The van der Waals surface area contributed by atoms with Crippen LogP contribution in [0.1, 0.15) is 37.0 Å². The van der Waals surface area contributed by atoms with E-state index in [1.807, 2.05) is 0 Å². The van der Waals surface area contributed by atoms with Crippen LogP contribution in [0.25, 0.3) is 5.69 Å². The molecule has 0 saturated carbocycles. The molecule has 0 radical (unpaired) electrons.